The van der Waals surface area contributed by atoms with E-state index in [9.17, 15) is 14.0 Å². The van der Waals surface area contributed by atoms with E-state index in [0.29, 0.717) is 74.9 Å². The number of nitrogens with zero attached hydrogens (tertiary/aromatic N) is 1. The van der Waals surface area contributed by atoms with Gasteiger partial charge in [0.25, 0.3) is 11.8 Å². The van der Waals surface area contributed by atoms with Crippen LogP contribution in [0.2, 0.25) is 18.1 Å². The van der Waals surface area contributed by atoms with Crippen molar-refractivity contribution >= 4 is 20.1 Å². The van der Waals surface area contributed by atoms with Crippen molar-refractivity contribution in [3.8, 4) is 11.5 Å². The highest BCUT2D eigenvalue weighted by Crippen LogP contribution is 2.44. The van der Waals surface area contributed by atoms with E-state index in [2.05, 4.69) is 39.2 Å². The summed E-state index contributed by atoms with van der Waals surface area (Å²) in [6.45, 7) is 13.3. The summed E-state index contributed by atoms with van der Waals surface area (Å²) in [6.07, 6.45) is 1.38. The first-order chi connectivity index (χ1) is 20.4. The molecule has 234 valence electrons. The molecule has 3 aliphatic rings. The summed E-state index contributed by atoms with van der Waals surface area (Å²) in [7, 11) is -0.585. The third kappa shape index (κ3) is 6.45. The molecule has 0 radical (unpaired) electrons. The largest absolute Gasteiger partial charge is 0.493 e. The maximum absolute atomic E-state index is 15.0. The van der Waals surface area contributed by atoms with Gasteiger partial charge in [-0.3, -0.25) is 14.5 Å². The van der Waals surface area contributed by atoms with Gasteiger partial charge in [0.1, 0.15) is 17.3 Å². The number of ether oxygens (including phenoxy) is 4. The fourth-order valence-electron chi connectivity index (χ4n) is 5.63. The number of halogens is 1. The molecule has 3 heterocycles. The molecule has 1 N–H and O–H groups in total. The lowest BCUT2D eigenvalue weighted by Crippen LogP contribution is -2.58. The van der Waals surface area contributed by atoms with Crippen LogP contribution in [0, 0.1) is 5.82 Å². The first-order valence-corrected chi connectivity index (χ1v) is 17.9. The molecule has 1 saturated heterocycles. The van der Waals surface area contributed by atoms with Gasteiger partial charge in [-0.1, -0.05) is 26.8 Å². The highest BCUT2D eigenvalue weighted by molar-refractivity contribution is 6.74. The molecule has 2 aromatic rings. The minimum Gasteiger partial charge on any atom is -0.493 e. The van der Waals surface area contributed by atoms with Crippen LogP contribution in [0.5, 0.6) is 11.5 Å². The number of carbonyl (C=O) groups excluding carboxylic acids is 2. The molecule has 0 bridgehead atoms. The Hall–Kier alpha value is -2.99. The molecule has 5 rings (SSSR count). The number of nitrogens with one attached hydrogen (secondary N) is 1. The Morgan fingerprint density at radius 3 is 2.67 bits per heavy atom. The molecule has 11 heteroatoms. The standard InChI is InChI=1S/C32H43FN2O7Si/c1-32(2,3)43(5,6)42-27-18-39-12-10-26(27)35-19-41-29-23-9-13-40-28(23)21(17-24(29)31(35)37)15-20-7-8-22(25(33)16-20)30(36)34-11-14-38-4/h7-8,16-17,26-27H,9-15,18-19H2,1-6H3,(H,34,36)/t26-,27-/m0/s1. The smallest absolute Gasteiger partial charge is 0.260 e. The van der Waals surface area contributed by atoms with Crippen LogP contribution >= 0.6 is 0 Å². The van der Waals surface area contributed by atoms with E-state index >= 15 is 0 Å². The number of fused-ring (bicyclic) bond motifs is 3. The zero-order valence-corrected chi connectivity index (χ0v) is 27.0. The molecule has 2 aromatic carbocycles. The number of amides is 2. The average Bonchev–Trinajstić information content (AvgIpc) is 3.44. The maximum atomic E-state index is 15.0. The molecular weight excluding hydrogens is 571 g/mol. The van der Waals surface area contributed by atoms with Crippen LogP contribution in [0.1, 0.15) is 64.6 Å². The molecule has 0 aliphatic carbocycles. The normalized spacial score (nSPS) is 20.3. The number of hydrogen-bond donors (Lipinski definition) is 1. The van der Waals surface area contributed by atoms with Gasteiger partial charge in [0, 0.05) is 38.7 Å². The molecule has 0 spiro atoms. The molecule has 2 atom stereocenters. The van der Waals surface area contributed by atoms with Gasteiger partial charge in [-0.15, -0.1) is 0 Å². The molecule has 0 aromatic heterocycles. The van der Waals surface area contributed by atoms with Crippen molar-refractivity contribution in [1.29, 1.82) is 0 Å². The Morgan fingerprint density at radius 1 is 1.16 bits per heavy atom. The third-order valence-corrected chi connectivity index (χ3v) is 13.5. The lowest BCUT2D eigenvalue weighted by molar-refractivity contribution is -0.0658. The summed E-state index contributed by atoms with van der Waals surface area (Å²) in [6, 6.07) is 6.22. The van der Waals surface area contributed by atoms with Crippen LogP contribution in [0.15, 0.2) is 24.3 Å². The summed E-state index contributed by atoms with van der Waals surface area (Å²) in [5.41, 5.74) is 2.77. The van der Waals surface area contributed by atoms with E-state index in [0.717, 1.165) is 11.1 Å². The van der Waals surface area contributed by atoms with E-state index < -0.39 is 20.0 Å². The van der Waals surface area contributed by atoms with E-state index in [1.54, 1.807) is 11.0 Å². The number of methoxy groups -OCH3 is 1. The van der Waals surface area contributed by atoms with Crippen LogP contribution < -0.4 is 14.8 Å². The van der Waals surface area contributed by atoms with Crippen molar-refractivity contribution < 1.29 is 37.4 Å². The van der Waals surface area contributed by atoms with Gasteiger partial charge >= 0.3 is 0 Å². The summed E-state index contributed by atoms with van der Waals surface area (Å²) in [5, 5.41) is 2.66. The van der Waals surface area contributed by atoms with Crippen molar-refractivity contribution in [3.05, 3.63) is 57.9 Å². The fourth-order valence-corrected chi connectivity index (χ4v) is 6.97. The minimum atomic E-state index is -2.12. The van der Waals surface area contributed by atoms with Gasteiger partial charge in [0.2, 0.25) is 0 Å². The Labute approximate surface area is 254 Å². The number of rotatable bonds is 9. The van der Waals surface area contributed by atoms with Crippen LogP contribution in [0.4, 0.5) is 4.39 Å². The molecule has 9 nitrogen and oxygen atoms in total. The SMILES string of the molecule is COCCNC(=O)c1ccc(Cc2cc3c(c4c2OCC4)OCN([C@H]2CCOC[C@@H]2O[Si](C)(C)C(C)(C)C)C3=O)cc1F. The van der Waals surface area contributed by atoms with Crippen molar-refractivity contribution in [2.75, 3.05) is 46.8 Å². The number of benzene rings is 2. The minimum absolute atomic E-state index is 0.0188. The molecule has 3 aliphatic heterocycles. The molecular formula is C32H43FN2O7Si. The highest BCUT2D eigenvalue weighted by atomic mass is 28.4. The van der Waals surface area contributed by atoms with Gasteiger partial charge in [-0.25, -0.2) is 4.39 Å². The predicted molar refractivity (Wildman–Crippen MR) is 162 cm³/mol. The van der Waals surface area contributed by atoms with Crippen molar-refractivity contribution in [2.45, 2.75) is 70.3 Å². The van der Waals surface area contributed by atoms with Crippen LogP contribution in [0.25, 0.3) is 0 Å². The zero-order chi connectivity index (χ0) is 30.9. The Bertz CT molecular complexity index is 1380. The second-order valence-corrected chi connectivity index (χ2v) is 17.7. The first kappa shape index (κ1) is 31.4. The van der Waals surface area contributed by atoms with Crippen molar-refractivity contribution in [2.24, 2.45) is 0 Å². The van der Waals surface area contributed by atoms with Crippen LogP contribution in [0.3, 0.4) is 0 Å². The van der Waals surface area contributed by atoms with Crippen LogP contribution in [-0.4, -0.2) is 84.0 Å². The van der Waals surface area contributed by atoms with Gasteiger partial charge in [-0.2, -0.15) is 0 Å². The Balaban J connectivity index is 1.40. The van der Waals surface area contributed by atoms with Gasteiger partial charge in [-0.05, 0) is 53.9 Å². The van der Waals surface area contributed by atoms with Crippen molar-refractivity contribution in [1.82, 2.24) is 10.2 Å². The van der Waals surface area contributed by atoms with Gasteiger partial charge in [0.05, 0.1) is 43.1 Å². The zero-order valence-electron chi connectivity index (χ0n) is 26.0. The molecule has 0 saturated carbocycles. The molecule has 43 heavy (non-hydrogen) atoms. The molecule has 2 amide bonds. The van der Waals surface area contributed by atoms with Gasteiger partial charge < -0.3 is 28.7 Å². The van der Waals surface area contributed by atoms with E-state index in [1.165, 1.54) is 19.2 Å². The maximum Gasteiger partial charge on any atom is 0.260 e. The average molecular weight is 615 g/mol. The van der Waals surface area contributed by atoms with E-state index in [-0.39, 0.29) is 35.4 Å². The summed E-state index contributed by atoms with van der Waals surface area (Å²) < 4.78 is 44.8. The third-order valence-electron chi connectivity index (χ3n) is 9.03. The monoisotopic (exact) mass is 614 g/mol. The lowest BCUT2D eigenvalue weighted by atomic mass is 9.94. The first-order valence-electron chi connectivity index (χ1n) is 15.0. The highest BCUT2D eigenvalue weighted by Gasteiger charge is 2.45. The summed E-state index contributed by atoms with van der Waals surface area (Å²) in [4.78, 5) is 28.3. The number of carbonyl (C=O) groups is 2. The number of hydrogen-bond acceptors (Lipinski definition) is 7. The van der Waals surface area contributed by atoms with Crippen LogP contribution in [-0.2, 0) is 26.7 Å². The summed E-state index contributed by atoms with van der Waals surface area (Å²) >= 11 is 0. The second-order valence-electron chi connectivity index (χ2n) is 13.0. The van der Waals surface area contributed by atoms with Crippen molar-refractivity contribution in [3.63, 3.8) is 0 Å². The molecule has 0 unspecified atom stereocenters. The predicted octanol–water partition coefficient (Wildman–Crippen LogP) is 4.70. The van der Waals surface area contributed by atoms with Gasteiger partial charge in [0.15, 0.2) is 15.0 Å². The summed E-state index contributed by atoms with van der Waals surface area (Å²) in [5.74, 6) is 0.0431. The van der Waals surface area contributed by atoms with E-state index in [4.69, 9.17) is 23.4 Å². The molecule has 1 fully saturated rings. The Morgan fingerprint density at radius 2 is 1.95 bits per heavy atom. The topological polar surface area (TPSA) is 95.6 Å². The fraction of sp³-hybridized carbons (Fsp3) is 0.562. The lowest BCUT2D eigenvalue weighted by Gasteiger charge is -2.46. The Kier molecular flexibility index (Phi) is 9.17. The second kappa shape index (κ2) is 12.5. The quantitative estimate of drug-likeness (QED) is 0.323. The van der Waals surface area contributed by atoms with E-state index in [1.807, 2.05) is 6.07 Å².